The molecule has 2 amide bonds. The van der Waals surface area contributed by atoms with Crippen molar-refractivity contribution in [1.29, 1.82) is 0 Å². The van der Waals surface area contributed by atoms with Gasteiger partial charge in [-0.3, -0.25) is 4.79 Å². The third kappa shape index (κ3) is 3.51. The Morgan fingerprint density at radius 2 is 1.82 bits per heavy atom. The molecule has 3 atom stereocenters. The summed E-state index contributed by atoms with van der Waals surface area (Å²) < 4.78 is 7.71. The van der Waals surface area contributed by atoms with E-state index in [0.717, 1.165) is 25.2 Å². The number of aromatic nitrogens is 2. The summed E-state index contributed by atoms with van der Waals surface area (Å²) in [4.78, 5) is 31.5. The van der Waals surface area contributed by atoms with Crippen molar-refractivity contribution in [1.82, 2.24) is 19.8 Å². The molecule has 3 aliphatic rings. The van der Waals surface area contributed by atoms with Crippen molar-refractivity contribution < 1.29 is 14.3 Å². The van der Waals surface area contributed by atoms with E-state index in [1.54, 1.807) is 4.90 Å². The molecular formula is C21H32N4O3. The Kier molecular flexibility index (Phi) is 4.47. The molecule has 4 rings (SSSR count). The van der Waals surface area contributed by atoms with Crippen LogP contribution < -0.4 is 5.32 Å². The van der Waals surface area contributed by atoms with Crippen LogP contribution in [0.2, 0.25) is 0 Å². The van der Waals surface area contributed by atoms with Crippen molar-refractivity contribution in [2.75, 3.05) is 13.1 Å². The van der Waals surface area contributed by atoms with Gasteiger partial charge in [0.15, 0.2) is 0 Å². The maximum absolute atomic E-state index is 12.9. The molecule has 2 aliphatic heterocycles. The third-order valence-corrected chi connectivity index (χ3v) is 6.15. The van der Waals surface area contributed by atoms with Gasteiger partial charge in [0.1, 0.15) is 11.4 Å². The van der Waals surface area contributed by atoms with Gasteiger partial charge in [-0.1, -0.05) is 0 Å². The highest BCUT2D eigenvalue weighted by atomic mass is 16.6. The summed E-state index contributed by atoms with van der Waals surface area (Å²) in [5, 5.41) is 3.22. The minimum atomic E-state index is -0.506. The zero-order valence-electron chi connectivity index (χ0n) is 17.6. The zero-order valence-corrected chi connectivity index (χ0v) is 17.6. The number of nitrogens with one attached hydrogen (secondary N) is 1. The fraction of sp³-hybridized carbons (Fsp3) is 0.762. The summed E-state index contributed by atoms with van der Waals surface area (Å²) in [7, 11) is 0. The second-order valence-electron chi connectivity index (χ2n) is 10.0. The van der Waals surface area contributed by atoms with Gasteiger partial charge in [-0.2, -0.15) is 0 Å². The van der Waals surface area contributed by atoms with Crippen LogP contribution in [0.4, 0.5) is 4.79 Å². The Morgan fingerprint density at radius 3 is 2.46 bits per heavy atom. The molecule has 7 heteroatoms. The molecule has 3 heterocycles. The fourth-order valence-corrected chi connectivity index (χ4v) is 4.77. The number of carbonyl (C=O) groups is 2. The van der Waals surface area contributed by atoms with E-state index in [-0.39, 0.29) is 29.8 Å². The maximum atomic E-state index is 12.9. The highest BCUT2D eigenvalue weighted by molar-refractivity contribution is 5.84. The second-order valence-corrected chi connectivity index (χ2v) is 10.0. The van der Waals surface area contributed by atoms with Gasteiger partial charge < -0.3 is 19.5 Å². The number of nitrogens with zero attached hydrogens (tertiary/aromatic N) is 3. The van der Waals surface area contributed by atoms with Crippen molar-refractivity contribution in [3.63, 3.8) is 0 Å². The highest BCUT2D eigenvalue weighted by Gasteiger charge is 2.61. The minimum Gasteiger partial charge on any atom is -0.444 e. The van der Waals surface area contributed by atoms with Gasteiger partial charge in [-0.25, -0.2) is 9.78 Å². The largest absolute Gasteiger partial charge is 0.444 e. The van der Waals surface area contributed by atoms with Crippen LogP contribution in [0, 0.1) is 17.8 Å². The fourth-order valence-electron chi connectivity index (χ4n) is 4.77. The second kappa shape index (κ2) is 6.49. The lowest BCUT2D eigenvalue weighted by Gasteiger charge is -2.29. The average molecular weight is 389 g/mol. The van der Waals surface area contributed by atoms with E-state index in [4.69, 9.17) is 4.74 Å². The number of likely N-dealkylation sites (tertiary alicyclic amines) is 1. The summed E-state index contributed by atoms with van der Waals surface area (Å²) in [5.74, 6) is 1.51. The van der Waals surface area contributed by atoms with Crippen LogP contribution in [0.1, 0.15) is 59.0 Å². The van der Waals surface area contributed by atoms with Crippen LogP contribution >= 0.6 is 0 Å². The molecule has 2 fully saturated rings. The molecule has 7 nitrogen and oxygen atoms in total. The molecular weight excluding hydrogens is 356 g/mol. The van der Waals surface area contributed by atoms with E-state index in [0.29, 0.717) is 13.1 Å². The molecule has 0 aromatic carbocycles. The van der Waals surface area contributed by atoms with Crippen LogP contribution in [0.5, 0.6) is 0 Å². The van der Waals surface area contributed by atoms with E-state index in [1.165, 1.54) is 12.1 Å². The molecule has 1 aliphatic carbocycles. The first kappa shape index (κ1) is 19.3. The van der Waals surface area contributed by atoms with Crippen LogP contribution in [-0.4, -0.2) is 45.1 Å². The van der Waals surface area contributed by atoms with Gasteiger partial charge in [0, 0.05) is 37.4 Å². The number of rotatable bonds is 3. The SMILES string of the molecule is CC(C)(C)OC(=O)N1C[C@@H]2[C@H](C1)[C@H]2C(=O)NC(C)(C)c1ncc2n1CCCC2. The Bertz CT molecular complexity index is 780. The van der Waals surface area contributed by atoms with E-state index in [9.17, 15) is 9.59 Å². The maximum Gasteiger partial charge on any atom is 0.410 e. The average Bonchev–Trinajstić information content (AvgIpc) is 2.96. The Balaban J connectivity index is 1.35. The smallest absolute Gasteiger partial charge is 0.410 e. The number of ether oxygens (including phenoxy) is 1. The lowest BCUT2D eigenvalue weighted by Crippen LogP contribution is -2.45. The van der Waals surface area contributed by atoms with Crippen LogP contribution in [-0.2, 0) is 28.0 Å². The first-order chi connectivity index (χ1) is 13.1. The predicted molar refractivity (Wildman–Crippen MR) is 105 cm³/mol. The number of piperidine rings is 1. The summed E-state index contributed by atoms with van der Waals surface area (Å²) in [6.07, 6.45) is 5.10. The highest BCUT2D eigenvalue weighted by Crippen LogP contribution is 2.52. The molecule has 1 aromatic rings. The van der Waals surface area contributed by atoms with Gasteiger partial charge in [0.05, 0.1) is 5.54 Å². The van der Waals surface area contributed by atoms with Crippen molar-refractivity contribution in [2.24, 2.45) is 17.8 Å². The van der Waals surface area contributed by atoms with Crippen molar-refractivity contribution in [3.05, 3.63) is 17.7 Å². The van der Waals surface area contributed by atoms with Crippen LogP contribution in [0.25, 0.3) is 0 Å². The van der Waals surface area contributed by atoms with Crippen LogP contribution in [0.3, 0.4) is 0 Å². The van der Waals surface area contributed by atoms with E-state index < -0.39 is 11.1 Å². The van der Waals surface area contributed by atoms with Gasteiger partial charge in [-0.05, 0) is 65.7 Å². The number of carbonyl (C=O) groups excluding carboxylic acids is 2. The molecule has 0 bridgehead atoms. The number of fused-ring (bicyclic) bond motifs is 2. The number of aryl methyl sites for hydroxylation is 1. The minimum absolute atomic E-state index is 0.00579. The first-order valence-electron chi connectivity index (χ1n) is 10.4. The summed E-state index contributed by atoms with van der Waals surface area (Å²) >= 11 is 0. The van der Waals surface area contributed by atoms with Crippen molar-refractivity contribution in [3.8, 4) is 0 Å². The molecule has 1 saturated heterocycles. The van der Waals surface area contributed by atoms with Crippen molar-refractivity contribution >= 4 is 12.0 Å². The van der Waals surface area contributed by atoms with E-state index in [2.05, 4.69) is 14.9 Å². The van der Waals surface area contributed by atoms with Crippen LogP contribution in [0.15, 0.2) is 6.20 Å². The molecule has 0 spiro atoms. The van der Waals surface area contributed by atoms with Gasteiger partial charge in [0.25, 0.3) is 0 Å². The Morgan fingerprint density at radius 1 is 1.14 bits per heavy atom. The number of amides is 2. The standard InChI is InChI=1S/C21H32N4O3/c1-20(2,3)28-19(27)24-11-14-15(12-24)16(14)17(26)23-21(4,5)18-22-10-13-8-6-7-9-25(13)18/h10,14-16H,6-9,11-12H2,1-5H3,(H,23,26)/t14-,15+,16+. The lowest BCUT2D eigenvalue weighted by molar-refractivity contribution is -0.125. The molecule has 0 unspecified atom stereocenters. The molecule has 1 saturated carbocycles. The number of hydrogen-bond donors (Lipinski definition) is 1. The molecule has 0 radical (unpaired) electrons. The van der Waals surface area contributed by atoms with E-state index in [1.807, 2.05) is 40.8 Å². The summed E-state index contributed by atoms with van der Waals surface area (Å²) in [5.41, 5.74) is 0.266. The Labute approximate surface area is 166 Å². The van der Waals surface area contributed by atoms with Crippen molar-refractivity contribution in [2.45, 2.75) is 71.6 Å². The monoisotopic (exact) mass is 388 g/mol. The van der Waals surface area contributed by atoms with Gasteiger partial charge >= 0.3 is 6.09 Å². The van der Waals surface area contributed by atoms with Gasteiger partial charge in [-0.15, -0.1) is 0 Å². The normalized spacial score (nSPS) is 26.5. The quantitative estimate of drug-likeness (QED) is 0.864. The first-order valence-corrected chi connectivity index (χ1v) is 10.4. The van der Waals surface area contributed by atoms with E-state index >= 15 is 0 Å². The van der Waals surface area contributed by atoms with Gasteiger partial charge in [0.2, 0.25) is 5.91 Å². The Hall–Kier alpha value is -2.05. The summed E-state index contributed by atoms with van der Waals surface area (Å²) in [6, 6.07) is 0. The molecule has 1 aromatic heterocycles. The molecule has 154 valence electrons. The molecule has 28 heavy (non-hydrogen) atoms. The predicted octanol–water partition coefficient (Wildman–Crippen LogP) is 2.68. The third-order valence-electron chi connectivity index (χ3n) is 6.15. The lowest BCUT2D eigenvalue weighted by atomic mass is 10.0. The number of hydrogen-bond acceptors (Lipinski definition) is 4. The topological polar surface area (TPSA) is 76.5 Å². The number of imidazole rings is 1. The zero-order chi connectivity index (χ0) is 20.3. The summed E-state index contributed by atoms with van der Waals surface area (Å²) in [6.45, 7) is 11.9. The molecule has 1 N–H and O–H groups in total.